The van der Waals surface area contributed by atoms with Crippen LogP contribution in [0.4, 0.5) is 13.6 Å². The van der Waals surface area contributed by atoms with Gasteiger partial charge in [0.15, 0.2) is 0 Å². The Kier molecular flexibility index (Phi) is 6.95. The van der Waals surface area contributed by atoms with E-state index in [-0.39, 0.29) is 41.7 Å². The number of amides is 3. The van der Waals surface area contributed by atoms with Gasteiger partial charge in [0.05, 0.1) is 17.0 Å². The van der Waals surface area contributed by atoms with Crippen LogP contribution in [-0.2, 0) is 16.0 Å². The molecule has 4 rings (SSSR count). The van der Waals surface area contributed by atoms with Gasteiger partial charge in [-0.25, -0.2) is 13.8 Å². The molecule has 1 N–H and O–H groups in total. The summed E-state index contributed by atoms with van der Waals surface area (Å²) >= 11 is 2.09. The van der Waals surface area contributed by atoms with Crippen molar-refractivity contribution in [3.8, 4) is 10.6 Å². The molecule has 168 valence electrons. The van der Waals surface area contributed by atoms with Crippen molar-refractivity contribution >= 4 is 46.2 Å². The molecule has 0 atom stereocenters. The zero-order valence-corrected chi connectivity index (χ0v) is 18.7. The van der Waals surface area contributed by atoms with E-state index in [4.69, 9.17) is 0 Å². The highest BCUT2D eigenvalue weighted by atomic mass is 32.2. The molecular weight excluding hydrogens is 468 g/mol. The average Bonchev–Trinajstić information content (AvgIpc) is 3.35. The second-order valence-electron chi connectivity index (χ2n) is 7.03. The van der Waals surface area contributed by atoms with Crippen LogP contribution in [0, 0.1) is 11.6 Å². The fourth-order valence-corrected chi connectivity index (χ4v) is 4.76. The van der Waals surface area contributed by atoms with E-state index in [0.29, 0.717) is 10.7 Å². The third kappa shape index (κ3) is 5.52. The van der Waals surface area contributed by atoms with Gasteiger partial charge >= 0.3 is 0 Å². The quantitative estimate of drug-likeness (QED) is 0.499. The Labute approximate surface area is 196 Å². The molecule has 3 amide bonds. The molecule has 0 unspecified atom stereocenters. The molecule has 1 aromatic heterocycles. The van der Waals surface area contributed by atoms with Gasteiger partial charge in [0.25, 0.3) is 11.1 Å². The van der Waals surface area contributed by atoms with Crippen molar-refractivity contribution in [3.05, 3.63) is 81.7 Å². The Morgan fingerprint density at radius 3 is 2.61 bits per heavy atom. The number of thiazole rings is 1. The van der Waals surface area contributed by atoms with Crippen molar-refractivity contribution in [1.82, 2.24) is 15.2 Å². The summed E-state index contributed by atoms with van der Waals surface area (Å²) in [6.45, 7) is 0.0850. The monoisotopic (exact) mass is 485 g/mol. The van der Waals surface area contributed by atoms with Gasteiger partial charge in [-0.3, -0.25) is 19.3 Å². The molecule has 33 heavy (non-hydrogen) atoms. The van der Waals surface area contributed by atoms with Crippen LogP contribution in [0.5, 0.6) is 0 Å². The van der Waals surface area contributed by atoms with E-state index < -0.39 is 17.0 Å². The molecule has 0 aliphatic carbocycles. The molecular formula is C23H17F2N3O3S2. The van der Waals surface area contributed by atoms with Crippen LogP contribution in [-0.4, -0.2) is 40.0 Å². The molecule has 3 aromatic rings. The largest absolute Gasteiger partial charge is 0.354 e. The number of carbonyl (C=O) groups excluding carboxylic acids is 3. The van der Waals surface area contributed by atoms with Gasteiger partial charge in [0, 0.05) is 29.6 Å². The number of carbonyl (C=O) groups is 3. The predicted molar refractivity (Wildman–Crippen MR) is 123 cm³/mol. The van der Waals surface area contributed by atoms with E-state index in [2.05, 4.69) is 10.3 Å². The molecule has 1 saturated heterocycles. The Hall–Kier alpha value is -3.37. The van der Waals surface area contributed by atoms with Gasteiger partial charge in [-0.1, -0.05) is 18.2 Å². The number of nitrogens with one attached hydrogen (secondary N) is 1. The van der Waals surface area contributed by atoms with Gasteiger partial charge in [-0.05, 0) is 48.2 Å². The molecule has 2 aromatic carbocycles. The number of nitrogens with zero attached hydrogens (tertiary/aromatic N) is 2. The van der Waals surface area contributed by atoms with Crippen LogP contribution in [0.15, 0.2) is 58.8 Å². The summed E-state index contributed by atoms with van der Waals surface area (Å²) < 4.78 is 26.9. The fourth-order valence-electron chi connectivity index (χ4n) is 3.07. The van der Waals surface area contributed by atoms with Gasteiger partial charge in [-0.15, -0.1) is 11.3 Å². The molecule has 0 saturated carbocycles. The van der Waals surface area contributed by atoms with E-state index in [1.54, 1.807) is 23.6 Å². The summed E-state index contributed by atoms with van der Waals surface area (Å²) in [5.74, 6) is -1.65. The second kappa shape index (κ2) is 10.1. The maximum Gasteiger partial charge on any atom is 0.293 e. The number of imide groups is 1. The summed E-state index contributed by atoms with van der Waals surface area (Å²) in [5, 5.41) is 4.63. The Bertz CT molecular complexity index is 1240. The second-order valence-corrected chi connectivity index (χ2v) is 8.88. The summed E-state index contributed by atoms with van der Waals surface area (Å²) in [6, 6.07) is 11.9. The average molecular weight is 486 g/mol. The van der Waals surface area contributed by atoms with Crippen LogP contribution in [0.25, 0.3) is 16.6 Å². The van der Waals surface area contributed by atoms with Crippen molar-refractivity contribution in [1.29, 1.82) is 0 Å². The zero-order chi connectivity index (χ0) is 23.4. The lowest BCUT2D eigenvalue weighted by Gasteiger charge is -2.12. The minimum absolute atomic E-state index is 0.00289. The van der Waals surface area contributed by atoms with Crippen LogP contribution in [0.1, 0.15) is 11.3 Å². The van der Waals surface area contributed by atoms with Crippen molar-refractivity contribution in [3.63, 3.8) is 0 Å². The normalized spacial score (nSPS) is 14.8. The predicted octanol–water partition coefficient (Wildman–Crippen LogP) is 4.48. The SMILES string of the molecule is O=C(Cc1csc(-c2ccc(F)cc2)n1)NCCN1C(=O)S/C(=C\c2ccccc2F)C1=O. The van der Waals surface area contributed by atoms with Gasteiger partial charge in [0.1, 0.15) is 16.6 Å². The third-order valence-corrected chi connectivity index (χ3v) is 6.56. The molecule has 2 heterocycles. The zero-order valence-electron chi connectivity index (χ0n) is 17.1. The smallest absolute Gasteiger partial charge is 0.293 e. The lowest BCUT2D eigenvalue weighted by Crippen LogP contribution is -2.37. The highest BCUT2D eigenvalue weighted by Gasteiger charge is 2.34. The van der Waals surface area contributed by atoms with E-state index in [9.17, 15) is 23.2 Å². The third-order valence-electron chi connectivity index (χ3n) is 4.71. The van der Waals surface area contributed by atoms with Gasteiger partial charge in [-0.2, -0.15) is 0 Å². The molecule has 10 heteroatoms. The standard InChI is InChI=1S/C23H17F2N3O3S2/c24-16-7-5-14(6-8-16)21-27-17(13-32-21)12-20(29)26-9-10-28-22(30)19(33-23(28)31)11-15-3-1-2-4-18(15)25/h1-8,11,13H,9-10,12H2,(H,26,29)/b19-11-. The highest BCUT2D eigenvalue weighted by molar-refractivity contribution is 8.18. The van der Waals surface area contributed by atoms with Crippen molar-refractivity contribution in [2.45, 2.75) is 6.42 Å². The molecule has 1 fully saturated rings. The highest BCUT2D eigenvalue weighted by Crippen LogP contribution is 2.32. The molecule has 1 aliphatic heterocycles. The first kappa shape index (κ1) is 22.8. The molecule has 0 spiro atoms. The first-order valence-corrected chi connectivity index (χ1v) is 11.6. The number of hydrogen-bond acceptors (Lipinski definition) is 6. The number of benzene rings is 2. The molecule has 6 nitrogen and oxygen atoms in total. The van der Waals surface area contributed by atoms with Crippen LogP contribution in [0.2, 0.25) is 0 Å². The van der Waals surface area contributed by atoms with E-state index >= 15 is 0 Å². The van der Waals surface area contributed by atoms with E-state index in [1.165, 1.54) is 47.7 Å². The topological polar surface area (TPSA) is 79.4 Å². The Morgan fingerprint density at radius 2 is 1.85 bits per heavy atom. The molecule has 0 radical (unpaired) electrons. The maximum absolute atomic E-state index is 13.8. The van der Waals surface area contributed by atoms with Crippen LogP contribution < -0.4 is 5.32 Å². The first-order chi connectivity index (χ1) is 15.9. The van der Waals surface area contributed by atoms with Crippen molar-refractivity contribution in [2.75, 3.05) is 13.1 Å². The van der Waals surface area contributed by atoms with Gasteiger partial charge < -0.3 is 5.32 Å². The minimum atomic E-state index is -0.522. The summed E-state index contributed by atoms with van der Waals surface area (Å²) in [4.78, 5) is 42.5. The maximum atomic E-state index is 13.8. The number of hydrogen-bond donors (Lipinski definition) is 1. The van der Waals surface area contributed by atoms with E-state index in [0.717, 1.165) is 22.2 Å². The summed E-state index contributed by atoms with van der Waals surface area (Å²) in [6.07, 6.45) is 1.38. The number of rotatable bonds is 7. The van der Waals surface area contributed by atoms with Crippen molar-refractivity contribution in [2.24, 2.45) is 0 Å². The molecule has 0 bridgehead atoms. The minimum Gasteiger partial charge on any atom is -0.354 e. The fraction of sp³-hybridized carbons (Fsp3) is 0.130. The van der Waals surface area contributed by atoms with E-state index in [1.807, 2.05) is 0 Å². The van der Waals surface area contributed by atoms with Crippen molar-refractivity contribution < 1.29 is 23.2 Å². The lowest BCUT2D eigenvalue weighted by molar-refractivity contribution is -0.124. The molecule has 1 aliphatic rings. The first-order valence-electron chi connectivity index (χ1n) is 9.87. The lowest BCUT2D eigenvalue weighted by atomic mass is 10.2. The summed E-state index contributed by atoms with van der Waals surface area (Å²) in [7, 11) is 0. The number of halogens is 2. The number of aromatic nitrogens is 1. The van der Waals surface area contributed by atoms with Crippen LogP contribution in [0.3, 0.4) is 0 Å². The van der Waals surface area contributed by atoms with Crippen LogP contribution >= 0.6 is 23.1 Å². The number of thioether (sulfide) groups is 1. The Balaban J connectivity index is 1.29. The van der Waals surface area contributed by atoms with Gasteiger partial charge in [0.2, 0.25) is 5.91 Å². The summed E-state index contributed by atoms with van der Waals surface area (Å²) in [5.41, 5.74) is 1.55. The Morgan fingerprint density at radius 1 is 1.09 bits per heavy atom.